The third-order valence-corrected chi connectivity index (χ3v) is 1.34. The predicted octanol–water partition coefficient (Wildman–Crippen LogP) is 3.45. The van der Waals surface area contributed by atoms with Crippen molar-refractivity contribution >= 4 is 0 Å². The normalized spacial score (nSPS) is 10.2. The molecule has 0 amide bonds. The van der Waals surface area contributed by atoms with Gasteiger partial charge in [-0.15, -0.1) is 0 Å². The van der Waals surface area contributed by atoms with E-state index in [1.807, 2.05) is 19.1 Å². The van der Waals surface area contributed by atoms with Gasteiger partial charge in [-0.05, 0) is 19.4 Å². The number of ether oxygens (including phenoxy) is 1. The zero-order chi connectivity index (χ0) is 9.40. The molecule has 1 nitrogen and oxygen atoms in total. The molecule has 0 saturated heterocycles. The molecule has 0 aromatic heterocycles. The van der Waals surface area contributed by atoms with E-state index in [-0.39, 0.29) is 0 Å². The van der Waals surface area contributed by atoms with E-state index >= 15 is 0 Å². The van der Waals surface area contributed by atoms with Crippen molar-refractivity contribution in [3.8, 4) is 0 Å². The van der Waals surface area contributed by atoms with Crippen LogP contribution in [-0.4, -0.2) is 6.61 Å². The van der Waals surface area contributed by atoms with Crippen LogP contribution in [0, 0.1) is 0 Å². The highest BCUT2D eigenvalue weighted by Gasteiger charge is 1.87. The fraction of sp³-hybridized carbons (Fsp3) is 0.455. The third kappa shape index (κ3) is 7.13. The number of hydrogen-bond acceptors (Lipinski definition) is 1. The van der Waals surface area contributed by atoms with Gasteiger partial charge < -0.3 is 4.74 Å². The van der Waals surface area contributed by atoms with Gasteiger partial charge in [0.1, 0.15) is 5.76 Å². The second kappa shape index (κ2) is 6.71. The van der Waals surface area contributed by atoms with Crippen LogP contribution in [0.1, 0.15) is 26.7 Å². The van der Waals surface area contributed by atoms with Crippen molar-refractivity contribution in [3.05, 3.63) is 36.6 Å². The lowest BCUT2D eigenvalue weighted by Crippen LogP contribution is -1.90. The van der Waals surface area contributed by atoms with E-state index < -0.39 is 0 Å². The van der Waals surface area contributed by atoms with Gasteiger partial charge in [-0.25, -0.2) is 0 Å². The number of allylic oxidation sites excluding steroid dienone is 3. The summed E-state index contributed by atoms with van der Waals surface area (Å²) < 4.78 is 5.31. The average Bonchev–Trinajstić information content (AvgIpc) is 2.01. The van der Waals surface area contributed by atoms with E-state index in [0.717, 1.165) is 25.0 Å². The second-order valence-corrected chi connectivity index (χ2v) is 2.85. The highest BCUT2D eigenvalue weighted by molar-refractivity contribution is 5.19. The van der Waals surface area contributed by atoms with Gasteiger partial charge in [0.05, 0.1) is 6.61 Å². The molecule has 0 N–H and O–H groups in total. The summed E-state index contributed by atoms with van der Waals surface area (Å²) in [6.45, 7) is 12.3. The van der Waals surface area contributed by atoms with Gasteiger partial charge in [-0.1, -0.05) is 38.2 Å². The Bertz CT molecular complexity index is 177. The van der Waals surface area contributed by atoms with Gasteiger partial charge in [-0.3, -0.25) is 0 Å². The highest BCUT2D eigenvalue weighted by atomic mass is 16.5. The summed E-state index contributed by atoms with van der Waals surface area (Å²) in [5.74, 6) is 0.714. The quantitative estimate of drug-likeness (QED) is 0.333. The molecule has 0 radical (unpaired) electrons. The number of hydrogen-bond donors (Lipinski definition) is 0. The smallest absolute Gasteiger partial charge is 0.112 e. The van der Waals surface area contributed by atoms with Gasteiger partial charge in [0.2, 0.25) is 0 Å². The predicted molar refractivity (Wildman–Crippen MR) is 54.0 cm³/mol. The van der Waals surface area contributed by atoms with Crippen molar-refractivity contribution in [2.45, 2.75) is 26.7 Å². The van der Waals surface area contributed by atoms with E-state index in [9.17, 15) is 0 Å². The fourth-order valence-electron chi connectivity index (χ4n) is 0.631. The Morgan fingerprint density at radius 3 is 2.50 bits per heavy atom. The molecule has 0 fully saturated rings. The molecule has 0 unspecified atom stereocenters. The first-order valence-corrected chi connectivity index (χ1v) is 4.32. The van der Waals surface area contributed by atoms with Gasteiger partial charge in [-0.2, -0.15) is 0 Å². The molecule has 0 aromatic carbocycles. The van der Waals surface area contributed by atoms with Crippen molar-refractivity contribution < 1.29 is 4.74 Å². The first-order chi connectivity index (χ1) is 5.66. The van der Waals surface area contributed by atoms with Crippen LogP contribution in [0.4, 0.5) is 0 Å². The lowest BCUT2D eigenvalue weighted by molar-refractivity contribution is 0.221. The monoisotopic (exact) mass is 166 g/mol. The molecule has 0 aliphatic rings. The van der Waals surface area contributed by atoms with Crippen LogP contribution in [0.25, 0.3) is 0 Å². The first kappa shape index (κ1) is 11.0. The van der Waals surface area contributed by atoms with Crippen LogP contribution in [-0.2, 0) is 4.74 Å². The Kier molecular flexibility index (Phi) is 6.16. The minimum atomic E-state index is 0.714. The molecule has 0 bridgehead atoms. The maximum atomic E-state index is 5.31. The van der Waals surface area contributed by atoms with E-state index in [0.29, 0.717) is 5.76 Å². The van der Waals surface area contributed by atoms with Gasteiger partial charge in [0, 0.05) is 0 Å². The summed E-state index contributed by atoms with van der Waals surface area (Å²) in [7, 11) is 0. The highest BCUT2D eigenvalue weighted by Crippen LogP contribution is 2.00. The Morgan fingerprint density at radius 2 is 2.00 bits per heavy atom. The second-order valence-electron chi connectivity index (χ2n) is 2.85. The minimum absolute atomic E-state index is 0.714. The van der Waals surface area contributed by atoms with Crippen LogP contribution < -0.4 is 0 Å². The Labute approximate surface area is 75.4 Å². The Balaban J connectivity index is 3.53. The summed E-state index contributed by atoms with van der Waals surface area (Å²) in [4.78, 5) is 0. The van der Waals surface area contributed by atoms with Crippen LogP contribution in [0.5, 0.6) is 0 Å². The summed E-state index contributed by atoms with van der Waals surface area (Å²) in [5, 5.41) is 0. The molecule has 12 heavy (non-hydrogen) atoms. The molecular weight excluding hydrogens is 148 g/mol. The molecule has 0 heterocycles. The van der Waals surface area contributed by atoms with E-state index in [2.05, 4.69) is 20.1 Å². The molecule has 0 aliphatic heterocycles. The lowest BCUT2D eigenvalue weighted by atomic mass is 10.3. The summed E-state index contributed by atoms with van der Waals surface area (Å²) >= 11 is 0. The Hall–Kier alpha value is -0.980. The molecule has 0 rings (SSSR count). The maximum Gasteiger partial charge on any atom is 0.112 e. The van der Waals surface area contributed by atoms with Gasteiger partial charge in [0.25, 0.3) is 0 Å². The van der Waals surface area contributed by atoms with Crippen LogP contribution in [0.2, 0.25) is 0 Å². The van der Waals surface area contributed by atoms with Gasteiger partial charge in [0.15, 0.2) is 0 Å². The number of rotatable bonds is 6. The molecule has 68 valence electrons. The molecule has 1 heteroatoms. The standard InChI is InChI=1S/C11H18O/c1-5-6-9-12-11(4)8-7-10(2)3/h7-8H,2,4-6,9H2,1,3H3/b8-7-. The van der Waals surface area contributed by atoms with Crippen molar-refractivity contribution in [1.82, 2.24) is 0 Å². The zero-order valence-electron chi connectivity index (χ0n) is 8.10. The average molecular weight is 166 g/mol. The maximum absolute atomic E-state index is 5.31. The van der Waals surface area contributed by atoms with E-state index in [4.69, 9.17) is 4.74 Å². The van der Waals surface area contributed by atoms with Crippen LogP contribution >= 0.6 is 0 Å². The SMILES string of the molecule is C=C(C)/C=C\C(=C)OCCCC. The largest absolute Gasteiger partial charge is 0.494 e. The van der Waals surface area contributed by atoms with E-state index in [1.54, 1.807) is 0 Å². The van der Waals surface area contributed by atoms with Crippen molar-refractivity contribution in [3.63, 3.8) is 0 Å². The molecule has 0 atom stereocenters. The zero-order valence-corrected chi connectivity index (χ0v) is 8.10. The fourth-order valence-corrected chi connectivity index (χ4v) is 0.631. The minimum Gasteiger partial charge on any atom is -0.494 e. The topological polar surface area (TPSA) is 9.23 Å². The Morgan fingerprint density at radius 1 is 1.33 bits per heavy atom. The molecule has 0 spiro atoms. The molecule has 0 aliphatic carbocycles. The summed E-state index contributed by atoms with van der Waals surface area (Å²) in [6, 6.07) is 0. The molecule has 0 saturated carbocycles. The first-order valence-electron chi connectivity index (χ1n) is 4.32. The molecule has 0 aromatic rings. The van der Waals surface area contributed by atoms with Crippen LogP contribution in [0.3, 0.4) is 0 Å². The molecular formula is C11H18O. The lowest BCUT2D eigenvalue weighted by Gasteiger charge is -2.03. The number of unbranched alkanes of at least 4 members (excludes halogenated alkanes) is 1. The van der Waals surface area contributed by atoms with Crippen molar-refractivity contribution in [2.24, 2.45) is 0 Å². The van der Waals surface area contributed by atoms with Gasteiger partial charge >= 0.3 is 0 Å². The summed E-state index contributed by atoms with van der Waals surface area (Å²) in [6.07, 6.45) is 5.98. The van der Waals surface area contributed by atoms with E-state index in [1.165, 1.54) is 0 Å². The van der Waals surface area contributed by atoms with Crippen molar-refractivity contribution in [2.75, 3.05) is 6.61 Å². The van der Waals surface area contributed by atoms with Crippen LogP contribution in [0.15, 0.2) is 36.6 Å². The summed E-state index contributed by atoms with van der Waals surface area (Å²) in [5.41, 5.74) is 1.01. The third-order valence-electron chi connectivity index (χ3n) is 1.34. The van der Waals surface area contributed by atoms with Crippen molar-refractivity contribution in [1.29, 1.82) is 0 Å².